The first-order valence-corrected chi connectivity index (χ1v) is 10.4. The fourth-order valence-corrected chi connectivity index (χ4v) is 4.18. The van der Waals surface area contributed by atoms with Crippen LogP contribution in [0.25, 0.3) is 0 Å². The van der Waals surface area contributed by atoms with Crippen LogP contribution in [0.4, 0.5) is 0 Å². The number of ether oxygens (including phenoxy) is 3. The molecule has 2 aromatic carbocycles. The number of fused-ring (bicyclic) bond motifs is 2. The van der Waals surface area contributed by atoms with E-state index in [1.165, 1.54) is 6.07 Å². The predicted molar refractivity (Wildman–Crippen MR) is 104 cm³/mol. The minimum absolute atomic E-state index is 0.156. The molecule has 2 aliphatic rings. The Labute approximate surface area is 167 Å². The van der Waals surface area contributed by atoms with Crippen LogP contribution in [-0.2, 0) is 14.8 Å². The van der Waals surface area contributed by atoms with Crippen LogP contribution < -0.4 is 24.2 Å². The third kappa shape index (κ3) is 3.97. The number of rotatable bonds is 6. The van der Waals surface area contributed by atoms with Gasteiger partial charge in [0, 0.05) is 11.6 Å². The van der Waals surface area contributed by atoms with E-state index in [-0.39, 0.29) is 36.6 Å². The van der Waals surface area contributed by atoms with Gasteiger partial charge in [-0.1, -0.05) is 12.1 Å². The molecule has 0 fully saturated rings. The number of nitrogens with one attached hydrogen (secondary N) is 2. The first kappa shape index (κ1) is 19.1. The van der Waals surface area contributed by atoms with Crippen molar-refractivity contribution in [2.24, 2.45) is 4.99 Å². The van der Waals surface area contributed by atoms with Crippen molar-refractivity contribution in [1.29, 1.82) is 0 Å². The Hall–Kier alpha value is -3.27. The highest BCUT2D eigenvalue weighted by Gasteiger charge is 2.31. The summed E-state index contributed by atoms with van der Waals surface area (Å²) in [6.07, 6.45) is 0. The molecule has 0 aromatic heterocycles. The van der Waals surface area contributed by atoms with Crippen LogP contribution >= 0.6 is 0 Å². The molecule has 2 aliphatic heterocycles. The molecule has 4 rings (SSSR count). The van der Waals surface area contributed by atoms with Gasteiger partial charge in [-0.25, -0.2) is 8.42 Å². The molecule has 1 atom stereocenters. The number of carbonyl (C=O) groups is 1. The lowest BCUT2D eigenvalue weighted by molar-refractivity contribution is -0.122. The predicted octanol–water partition coefficient (Wildman–Crippen LogP) is 1.04. The summed E-state index contributed by atoms with van der Waals surface area (Å²) in [5.41, 5.74) is 0.457. The fourth-order valence-electron chi connectivity index (χ4n) is 2.94. The van der Waals surface area contributed by atoms with Crippen molar-refractivity contribution in [3.8, 4) is 17.2 Å². The lowest BCUT2D eigenvalue weighted by atomic mass is 10.2. The minimum Gasteiger partial charge on any atom is -0.492 e. The Morgan fingerprint density at radius 3 is 2.90 bits per heavy atom. The Bertz CT molecular complexity index is 1080. The van der Waals surface area contributed by atoms with E-state index in [4.69, 9.17) is 14.2 Å². The lowest BCUT2D eigenvalue weighted by Crippen LogP contribution is -2.36. The average Bonchev–Trinajstić information content (AvgIpc) is 3.27. The van der Waals surface area contributed by atoms with E-state index >= 15 is 0 Å². The van der Waals surface area contributed by atoms with E-state index in [9.17, 15) is 13.2 Å². The van der Waals surface area contributed by atoms with Gasteiger partial charge >= 0.3 is 0 Å². The zero-order chi connectivity index (χ0) is 20.4. The first-order chi connectivity index (χ1) is 13.9. The van der Waals surface area contributed by atoms with Crippen LogP contribution in [0, 0.1) is 0 Å². The number of hydrogen-bond acceptors (Lipinski definition) is 7. The van der Waals surface area contributed by atoms with E-state index in [1.807, 2.05) is 0 Å². The fraction of sp³-hybridized carbons (Fsp3) is 0.263. The van der Waals surface area contributed by atoms with Crippen molar-refractivity contribution in [2.45, 2.75) is 17.9 Å². The maximum atomic E-state index is 12.3. The number of carbonyl (C=O) groups excluding carboxylic acids is 1. The highest BCUT2D eigenvalue weighted by atomic mass is 32.2. The van der Waals surface area contributed by atoms with Crippen LogP contribution in [0.15, 0.2) is 52.4 Å². The summed E-state index contributed by atoms with van der Waals surface area (Å²) < 4.78 is 42.7. The summed E-state index contributed by atoms with van der Waals surface area (Å²) in [5.74, 6) is 1.72. The van der Waals surface area contributed by atoms with Gasteiger partial charge in [-0.15, -0.1) is 0 Å². The van der Waals surface area contributed by atoms with E-state index in [0.29, 0.717) is 22.8 Å². The molecule has 29 heavy (non-hydrogen) atoms. The van der Waals surface area contributed by atoms with Crippen LogP contribution in [0.2, 0.25) is 0 Å². The molecular weight excluding hydrogens is 398 g/mol. The number of amides is 1. The van der Waals surface area contributed by atoms with Gasteiger partial charge in [0.25, 0.3) is 10.0 Å². The van der Waals surface area contributed by atoms with Crippen LogP contribution in [-0.4, -0.2) is 46.1 Å². The number of amidine groups is 1. The number of hydrogen-bond donors (Lipinski definition) is 2. The zero-order valence-electron chi connectivity index (χ0n) is 15.5. The molecule has 0 saturated heterocycles. The van der Waals surface area contributed by atoms with Gasteiger partial charge in [-0.05, 0) is 31.2 Å². The monoisotopic (exact) mass is 417 g/mol. The Morgan fingerprint density at radius 2 is 2.03 bits per heavy atom. The Morgan fingerprint density at radius 1 is 1.24 bits per heavy atom. The second-order valence-corrected chi connectivity index (χ2v) is 8.06. The van der Waals surface area contributed by atoms with Gasteiger partial charge in [-0.3, -0.25) is 14.5 Å². The maximum absolute atomic E-state index is 12.3. The molecule has 2 aromatic rings. The summed E-state index contributed by atoms with van der Waals surface area (Å²) in [5, 5.41) is 2.72. The van der Waals surface area contributed by atoms with Gasteiger partial charge < -0.3 is 19.5 Å². The molecule has 152 valence electrons. The van der Waals surface area contributed by atoms with Crippen molar-refractivity contribution < 1.29 is 27.4 Å². The van der Waals surface area contributed by atoms with E-state index in [2.05, 4.69) is 15.0 Å². The number of sulfonamides is 1. The number of aliphatic imine (C=N–C) groups is 1. The molecule has 2 N–H and O–H groups in total. The van der Waals surface area contributed by atoms with Crippen molar-refractivity contribution in [3.05, 3.63) is 48.0 Å². The standard InChI is InChI=1S/C19H19N3O6S/c1-12(21-18-14-4-2-3-5-17(14)29(24,25)22-18)19(23)20-8-9-26-13-6-7-15-16(10-13)28-11-27-15/h2-7,10,12H,8-9,11H2,1H3,(H,20,23)(H,21,22)/t12-/m0/s1. The first-order valence-electron chi connectivity index (χ1n) is 8.94. The van der Waals surface area contributed by atoms with E-state index < -0.39 is 16.1 Å². The smallest absolute Gasteiger partial charge is 0.263 e. The number of nitrogens with zero attached hydrogens (tertiary/aromatic N) is 1. The maximum Gasteiger partial charge on any atom is 0.263 e. The Balaban J connectivity index is 1.31. The van der Waals surface area contributed by atoms with Crippen LogP contribution in [0.3, 0.4) is 0 Å². The Kier molecular flexibility index (Phi) is 5.01. The third-order valence-corrected chi connectivity index (χ3v) is 5.78. The molecule has 1 amide bonds. The molecule has 0 unspecified atom stereocenters. The van der Waals surface area contributed by atoms with Crippen molar-refractivity contribution in [3.63, 3.8) is 0 Å². The molecule has 2 heterocycles. The van der Waals surface area contributed by atoms with Crippen LogP contribution in [0.1, 0.15) is 12.5 Å². The van der Waals surface area contributed by atoms with Crippen molar-refractivity contribution >= 4 is 21.8 Å². The molecular formula is C19H19N3O6S. The summed E-state index contributed by atoms with van der Waals surface area (Å²) in [6.45, 7) is 2.31. The molecule has 9 nitrogen and oxygen atoms in total. The summed E-state index contributed by atoms with van der Waals surface area (Å²) in [6, 6.07) is 11.0. The van der Waals surface area contributed by atoms with Crippen molar-refractivity contribution in [1.82, 2.24) is 10.0 Å². The summed E-state index contributed by atoms with van der Waals surface area (Å²) >= 11 is 0. The lowest BCUT2D eigenvalue weighted by Gasteiger charge is -2.11. The van der Waals surface area contributed by atoms with Gasteiger partial charge in [-0.2, -0.15) is 0 Å². The third-order valence-electron chi connectivity index (χ3n) is 4.38. The summed E-state index contributed by atoms with van der Waals surface area (Å²) in [7, 11) is -3.63. The second kappa shape index (κ2) is 7.63. The molecule has 10 heteroatoms. The molecule has 0 aliphatic carbocycles. The second-order valence-electron chi connectivity index (χ2n) is 6.41. The molecule has 0 bridgehead atoms. The van der Waals surface area contributed by atoms with Gasteiger partial charge in [0.05, 0.1) is 11.4 Å². The number of benzene rings is 2. The van der Waals surface area contributed by atoms with Crippen LogP contribution in [0.5, 0.6) is 17.2 Å². The van der Waals surface area contributed by atoms with Gasteiger partial charge in [0.15, 0.2) is 11.5 Å². The van der Waals surface area contributed by atoms with Crippen molar-refractivity contribution in [2.75, 3.05) is 19.9 Å². The largest absolute Gasteiger partial charge is 0.492 e. The topological polar surface area (TPSA) is 115 Å². The normalized spacial score (nSPS) is 18.0. The van der Waals surface area contributed by atoms with E-state index in [1.54, 1.807) is 43.3 Å². The molecule has 0 radical (unpaired) electrons. The quantitative estimate of drug-likeness (QED) is 0.679. The molecule has 0 spiro atoms. The van der Waals surface area contributed by atoms with Gasteiger partial charge in [0.2, 0.25) is 12.7 Å². The highest BCUT2D eigenvalue weighted by molar-refractivity contribution is 7.90. The molecule has 0 saturated carbocycles. The zero-order valence-corrected chi connectivity index (χ0v) is 16.4. The highest BCUT2D eigenvalue weighted by Crippen LogP contribution is 2.35. The minimum atomic E-state index is -3.63. The van der Waals surface area contributed by atoms with Gasteiger partial charge in [0.1, 0.15) is 24.2 Å². The average molecular weight is 417 g/mol. The van der Waals surface area contributed by atoms with E-state index in [0.717, 1.165) is 0 Å². The summed E-state index contributed by atoms with van der Waals surface area (Å²) in [4.78, 5) is 16.7. The SMILES string of the molecule is C[C@H](N=C1NS(=O)(=O)c2ccccc21)C(=O)NCCOc1ccc2c(c1)OCO2.